The van der Waals surface area contributed by atoms with Crippen molar-refractivity contribution in [3.05, 3.63) is 59.4 Å². The molecule has 0 aliphatic heterocycles. The number of rotatable bonds is 9. The van der Waals surface area contributed by atoms with Gasteiger partial charge in [0.1, 0.15) is 18.1 Å². The van der Waals surface area contributed by atoms with Crippen molar-refractivity contribution in [2.45, 2.75) is 39.1 Å². The van der Waals surface area contributed by atoms with Crippen LogP contribution in [0.15, 0.2) is 47.6 Å². The fourth-order valence-electron chi connectivity index (χ4n) is 2.87. The van der Waals surface area contributed by atoms with Crippen LogP contribution >= 0.6 is 11.8 Å². The molecule has 1 heterocycles. The van der Waals surface area contributed by atoms with Crippen molar-refractivity contribution < 1.29 is 14.3 Å². The fourth-order valence-corrected chi connectivity index (χ4v) is 3.69. The molecule has 30 heavy (non-hydrogen) atoms. The van der Waals surface area contributed by atoms with E-state index >= 15 is 0 Å². The molecule has 0 saturated carbocycles. The Morgan fingerprint density at radius 3 is 2.53 bits per heavy atom. The van der Waals surface area contributed by atoms with Crippen LogP contribution in [0.4, 0.5) is 5.69 Å². The second-order valence-electron chi connectivity index (χ2n) is 6.69. The van der Waals surface area contributed by atoms with Crippen LogP contribution in [0, 0.1) is 13.8 Å². The molecule has 0 spiro atoms. The van der Waals surface area contributed by atoms with Crippen molar-refractivity contribution >= 4 is 23.4 Å². The Balaban J connectivity index is 1.58. The van der Waals surface area contributed by atoms with E-state index in [1.54, 1.807) is 7.11 Å². The zero-order valence-corrected chi connectivity index (χ0v) is 18.5. The van der Waals surface area contributed by atoms with Crippen molar-refractivity contribution in [1.29, 1.82) is 0 Å². The largest absolute Gasteiger partial charge is 0.497 e. The Hall–Kier alpha value is -3.00. The number of ether oxygens (including phenoxy) is 2. The third-order valence-electron chi connectivity index (χ3n) is 4.75. The number of methoxy groups -OCH3 is 1. The van der Waals surface area contributed by atoms with Gasteiger partial charge in [0, 0.05) is 12.2 Å². The molecule has 0 bridgehead atoms. The van der Waals surface area contributed by atoms with Gasteiger partial charge in [-0.1, -0.05) is 23.9 Å². The molecule has 0 atom stereocenters. The summed E-state index contributed by atoms with van der Waals surface area (Å²) in [6.07, 6.45) is 0. The lowest BCUT2D eigenvalue weighted by molar-refractivity contribution is -0.113. The first-order chi connectivity index (χ1) is 14.5. The monoisotopic (exact) mass is 426 g/mol. The van der Waals surface area contributed by atoms with Gasteiger partial charge in [0.25, 0.3) is 0 Å². The normalized spacial score (nSPS) is 10.7. The number of amides is 1. The van der Waals surface area contributed by atoms with Crippen LogP contribution in [0.2, 0.25) is 0 Å². The van der Waals surface area contributed by atoms with E-state index in [1.807, 2.05) is 67.8 Å². The number of nitrogens with one attached hydrogen (secondary N) is 1. The SMILES string of the molecule is CCn1c(COc2ccc(OC)cc2)nnc1SCC(=O)Nc1cccc(C)c1C. The number of benzene rings is 2. The van der Waals surface area contributed by atoms with Gasteiger partial charge in [-0.3, -0.25) is 4.79 Å². The van der Waals surface area contributed by atoms with Crippen molar-refractivity contribution in [1.82, 2.24) is 14.8 Å². The molecular weight excluding hydrogens is 400 g/mol. The van der Waals surface area contributed by atoms with Crippen LogP contribution in [0.1, 0.15) is 23.9 Å². The number of carbonyl (C=O) groups is 1. The maximum Gasteiger partial charge on any atom is 0.234 e. The number of thioether (sulfide) groups is 1. The Bertz CT molecular complexity index is 1000. The highest BCUT2D eigenvalue weighted by Crippen LogP contribution is 2.22. The highest BCUT2D eigenvalue weighted by Gasteiger charge is 2.14. The van der Waals surface area contributed by atoms with Gasteiger partial charge in [-0.25, -0.2) is 0 Å². The Kier molecular flexibility index (Phi) is 7.35. The lowest BCUT2D eigenvalue weighted by Crippen LogP contribution is -2.16. The summed E-state index contributed by atoms with van der Waals surface area (Å²) in [5, 5.41) is 12.1. The average Bonchev–Trinajstić information content (AvgIpc) is 3.16. The number of anilines is 1. The molecule has 1 amide bonds. The molecule has 2 aromatic carbocycles. The van der Waals surface area contributed by atoms with Crippen molar-refractivity contribution in [2.24, 2.45) is 0 Å². The fraction of sp³-hybridized carbons (Fsp3) is 0.318. The summed E-state index contributed by atoms with van der Waals surface area (Å²) in [5.74, 6) is 2.40. The van der Waals surface area contributed by atoms with Gasteiger partial charge >= 0.3 is 0 Å². The van der Waals surface area contributed by atoms with E-state index < -0.39 is 0 Å². The number of carbonyl (C=O) groups excluding carboxylic acids is 1. The standard InChI is InChI=1S/C22H26N4O3S/c1-5-26-20(13-29-18-11-9-17(28-4)10-12-18)24-25-22(26)30-14-21(27)23-19-8-6-7-15(2)16(19)3/h6-12H,5,13-14H2,1-4H3,(H,23,27). The molecule has 0 aliphatic carbocycles. The average molecular weight is 427 g/mol. The number of aryl methyl sites for hydroxylation is 1. The summed E-state index contributed by atoms with van der Waals surface area (Å²) in [5.41, 5.74) is 3.06. The first-order valence-corrected chi connectivity index (χ1v) is 10.7. The molecule has 158 valence electrons. The predicted octanol–water partition coefficient (Wildman–Crippen LogP) is 4.23. The molecule has 1 N–H and O–H groups in total. The summed E-state index contributed by atoms with van der Waals surface area (Å²) in [4.78, 5) is 12.4. The second-order valence-corrected chi connectivity index (χ2v) is 7.63. The second kappa shape index (κ2) is 10.2. The summed E-state index contributed by atoms with van der Waals surface area (Å²) in [7, 11) is 1.63. The number of nitrogens with zero attached hydrogens (tertiary/aromatic N) is 3. The number of aromatic nitrogens is 3. The molecule has 3 rings (SSSR count). The molecule has 0 fully saturated rings. The highest BCUT2D eigenvalue weighted by molar-refractivity contribution is 7.99. The van der Waals surface area contributed by atoms with Crippen molar-refractivity contribution in [2.75, 3.05) is 18.2 Å². The maximum atomic E-state index is 12.4. The van der Waals surface area contributed by atoms with Gasteiger partial charge in [0.2, 0.25) is 5.91 Å². The zero-order chi connectivity index (χ0) is 21.5. The molecule has 3 aromatic rings. The summed E-state index contributed by atoms with van der Waals surface area (Å²) in [6, 6.07) is 13.3. The summed E-state index contributed by atoms with van der Waals surface area (Å²) in [6.45, 7) is 7.03. The van der Waals surface area contributed by atoms with E-state index in [2.05, 4.69) is 15.5 Å². The third kappa shape index (κ3) is 5.33. The molecule has 7 nitrogen and oxygen atoms in total. The molecule has 8 heteroatoms. The van der Waals surface area contributed by atoms with Gasteiger partial charge in [0.15, 0.2) is 11.0 Å². The first kappa shape index (κ1) is 21.7. The van der Waals surface area contributed by atoms with E-state index in [4.69, 9.17) is 9.47 Å². The number of hydrogen-bond donors (Lipinski definition) is 1. The minimum atomic E-state index is -0.0737. The van der Waals surface area contributed by atoms with E-state index in [9.17, 15) is 4.79 Å². The third-order valence-corrected chi connectivity index (χ3v) is 5.71. The van der Waals surface area contributed by atoms with E-state index in [0.717, 1.165) is 28.3 Å². The van der Waals surface area contributed by atoms with Gasteiger partial charge < -0.3 is 19.4 Å². The van der Waals surface area contributed by atoms with Gasteiger partial charge in [-0.05, 0) is 62.2 Å². The van der Waals surface area contributed by atoms with Crippen LogP contribution < -0.4 is 14.8 Å². The highest BCUT2D eigenvalue weighted by atomic mass is 32.2. The summed E-state index contributed by atoms with van der Waals surface area (Å²) >= 11 is 1.36. The van der Waals surface area contributed by atoms with E-state index in [0.29, 0.717) is 24.1 Å². The lowest BCUT2D eigenvalue weighted by atomic mass is 10.1. The molecule has 0 radical (unpaired) electrons. The van der Waals surface area contributed by atoms with Crippen LogP contribution in [0.25, 0.3) is 0 Å². The topological polar surface area (TPSA) is 78.3 Å². The van der Waals surface area contributed by atoms with E-state index in [1.165, 1.54) is 11.8 Å². The maximum absolute atomic E-state index is 12.4. The molecule has 0 aliphatic rings. The van der Waals surface area contributed by atoms with Gasteiger partial charge in [0.05, 0.1) is 12.9 Å². The summed E-state index contributed by atoms with van der Waals surface area (Å²) < 4.78 is 12.9. The Labute approximate surface area is 180 Å². The van der Waals surface area contributed by atoms with Crippen LogP contribution in [0.5, 0.6) is 11.5 Å². The van der Waals surface area contributed by atoms with Crippen molar-refractivity contribution in [3.8, 4) is 11.5 Å². The molecular formula is C22H26N4O3S. The quantitative estimate of drug-likeness (QED) is 0.516. The predicted molar refractivity (Wildman–Crippen MR) is 118 cm³/mol. The molecule has 0 saturated heterocycles. The Morgan fingerprint density at radius 2 is 1.83 bits per heavy atom. The zero-order valence-electron chi connectivity index (χ0n) is 17.6. The van der Waals surface area contributed by atoms with Crippen molar-refractivity contribution in [3.63, 3.8) is 0 Å². The number of hydrogen-bond acceptors (Lipinski definition) is 6. The molecule has 1 aromatic heterocycles. The van der Waals surface area contributed by atoms with Crippen LogP contribution in [-0.2, 0) is 17.9 Å². The van der Waals surface area contributed by atoms with Gasteiger partial charge in [-0.15, -0.1) is 10.2 Å². The smallest absolute Gasteiger partial charge is 0.234 e. The Morgan fingerprint density at radius 1 is 1.10 bits per heavy atom. The molecule has 0 unspecified atom stereocenters. The minimum Gasteiger partial charge on any atom is -0.497 e. The first-order valence-electron chi connectivity index (χ1n) is 9.69. The van der Waals surface area contributed by atoms with Crippen LogP contribution in [0.3, 0.4) is 0 Å². The minimum absolute atomic E-state index is 0.0737. The van der Waals surface area contributed by atoms with Crippen LogP contribution in [-0.4, -0.2) is 33.5 Å². The van der Waals surface area contributed by atoms with Gasteiger partial charge in [-0.2, -0.15) is 0 Å². The lowest BCUT2D eigenvalue weighted by Gasteiger charge is -2.11. The van der Waals surface area contributed by atoms with E-state index in [-0.39, 0.29) is 11.7 Å².